The number of carbonyl (C=O) groups is 2. The third kappa shape index (κ3) is 9.39. The van der Waals surface area contributed by atoms with Crippen LogP contribution in [0.2, 0.25) is 0 Å². The minimum atomic E-state index is -3.53. The fourth-order valence-electron chi connectivity index (χ4n) is 4.09. The van der Waals surface area contributed by atoms with Crippen molar-refractivity contribution in [3.63, 3.8) is 0 Å². The first kappa shape index (κ1) is 30.2. The van der Waals surface area contributed by atoms with E-state index in [0.717, 1.165) is 17.4 Å². The second kappa shape index (κ2) is 12.9. The number of ether oxygens (including phenoxy) is 1. The van der Waals surface area contributed by atoms with Gasteiger partial charge in [-0.25, -0.2) is 8.42 Å². The Morgan fingerprint density at radius 1 is 1.08 bits per heavy atom. The molecule has 9 heteroatoms. The Hall–Kier alpha value is -3.07. The Labute approximate surface area is 222 Å². The van der Waals surface area contributed by atoms with E-state index in [1.165, 1.54) is 4.31 Å². The molecule has 0 spiro atoms. The number of hydrogen-bond acceptors (Lipinski definition) is 5. The van der Waals surface area contributed by atoms with E-state index in [2.05, 4.69) is 5.32 Å². The number of sulfonamides is 1. The van der Waals surface area contributed by atoms with E-state index in [4.69, 9.17) is 4.74 Å². The molecular formula is C28H41N3O5S. The van der Waals surface area contributed by atoms with Gasteiger partial charge >= 0.3 is 0 Å². The van der Waals surface area contributed by atoms with Gasteiger partial charge in [-0.05, 0) is 75.9 Å². The van der Waals surface area contributed by atoms with Crippen LogP contribution in [0.25, 0.3) is 0 Å². The van der Waals surface area contributed by atoms with Crippen molar-refractivity contribution >= 4 is 27.5 Å². The molecule has 204 valence electrons. The van der Waals surface area contributed by atoms with E-state index in [-0.39, 0.29) is 31.3 Å². The van der Waals surface area contributed by atoms with E-state index in [1.807, 2.05) is 77.1 Å². The van der Waals surface area contributed by atoms with Crippen LogP contribution in [-0.2, 0) is 26.2 Å². The van der Waals surface area contributed by atoms with Gasteiger partial charge in [0, 0.05) is 25.0 Å². The summed E-state index contributed by atoms with van der Waals surface area (Å²) in [6.45, 7) is 9.90. The maximum atomic E-state index is 13.5. The topological polar surface area (TPSA) is 96.0 Å². The van der Waals surface area contributed by atoms with Gasteiger partial charge in [-0.2, -0.15) is 0 Å². The number of rotatable bonds is 12. The Balaban J connectivity index is 2.24. The summed E-state index contributed by atoms with van der Waals surface area (Å²) in [4.78, 5) is 28.3. The lowest BCUT2D eigenvalue weighted by Gasteiger charge is -2.33. The van der Waals surface area contributed by atoms with Crippen LogP contribution in [0, 0.1) is 6.92 Å². The fourth-order valence-corrected chi connectivity index (χ4v) is 5.04. The van der Waals surface area contributed by atoms with Crippen LogP contribution in [-0.4, -0.2) is 56.6 Å². The molecule has 0 saturated heterocycles. The van der Waals surface area contributed by atoms with Crippen LogP contribution in [0.4, 0.5) is 5.69 Å². The molecule has 2 amide bonds. The number of amides is 2. The number of methoxy groups -OCH3 is 1. The zero-order valence-electron chi connectivity index (χ0n) is 23.1. The van der Waals surface area contributed by atoms with Crippen molar-refractivity contribution in [3.05, 3.63) is 59.7 Å². The molecule has 0 unspecified atom stereocenters. The third-order valence-corrected chi connectivity index (χ3v) is 7.03. The van der Waals surface area contributed by atoms with Crippen LogP contribution in [0.5, 0.6) is 5.75 Å². The summed E-state index contributed by atoms with van der Waals surface area (Å²) in [5.41, 5.74) is 1.95. The Morgan fingerprint density at radius 3 is 2.24 bits per heavy atom. The molecular weight excluding hydrogens is 490 g/mol. The van der Waals surface area contributed by atoms with Gasteiger partial charge in [0.25, 0.3) is 0 Å². The summed E-state index contributed by atoms with van der Waals surface area (Å²) in [6, 6.07) is 14.0. The highest BCUT2D eigenvalue weighted by atomic mass is 32.2. The molecule has 1 atom stereocenters. The van der Waals surface area contributed by atoms with Crippen LogP contribution in [0.15, 0.2) is 48.5 Å². The lowest BCUT2D eigenvalue weighted by molar-refractivity contribution is -0.142. The number of carbonyl (C=O) groups excluding carboxylic acids is 2. The summed E-state index contributed by atoms with van der Waals surface area (Å²) < 4.78 is 31.5. The molecule has 2 aromatic carbocycles. The van der Waals surface area contributed by atoms with Crippen molar-refractivity contribution in [2.24, 2.45) is 0 Å². The number of anilines is 1. The van der Waals surface area contributed by atoms with Gasteiger partial charge in [0.05, 0.1) is 19.1 Å². The summed E-state index contributed by atoms with van der Waals surface area (Å²) in [5.74, 6) is 0.287. The predicted molar refractivity (Wildman–Crippen MR) is 148 cm³/mol. The first-order chi connectivity index (χ1) is 17.2. The minimum Gasteiger partial charge on any atom is -0.497 e. The van der Waals surface area contributed by atoms with Crippen LogP contribution in [0.1, 0.15) is 58.1 Å². The summed E-state index contributed by atoms with van der Waals surface area (Å²) in [5, 5.41) is 2.99. The molecule has 0 aliphatic heterocycles. The van der Waals surface area contributed by atoms with Crippen molar-refractivity contribution in [1.82, 2.24) is 10.2 Å². The predicted octanol–water partition coefficient (Wildman–Crippen LogP) is 4.27. The van der Waals surface area contributed by atoms with E-state index < -0.39 is 21.6 Å². The number of nitrogens with one attached hydrogen (secondary N) is 1. The van der Waals surface area contributed by atoms with Gasteiger partial charge in [-0.3, -0.25) is 13.9 Å². The monoisotopic (exact) mass is 531 g/mol. The van der Waals surface area contributed by atoms with Crippen molar-refractivity contribution in [2.75, 3.05) is 24.2 Å². The van der Waals surface area contributed by atoms with Gasteiger partial charge in [-0.15, -0.1) is 0 Å². The number of hydrogen-bond donors (Lipinski definition) is 1. The SMILES string of the molecule is CC[C@@H](C(=O)NC(C)(C)C)N(Cc1ccc(OC)cc1)C(=O)CCCN(c1cccc(C)c1)S(C)(=O)=O. The molecule has 0 radical (unpaired) electrons. The van der Waals surface area contributed by atoms with Crippen molar-refractivity contribution in [2.45, 2.75) is 72.0 Å². The van der Waals surface area contributed by atoms with Crippen LogP contribution >= 0.6 is 0 Å². The Morgan fingerprint density at radius 2 is 1.73 bits per heavy atom. The van der Waals surface area contributed by atoms with E-state index >= 15 is 0 Å². The van der Waals surface area contributed by atoms with E-state index in [0.29, 0.717) is 24.3 Å². The second-order valence-corrected chi connectivity index (χ2v) is 12.2. The average Bonchev–Trinajstić information content (AvgIpc) is 2.80. The minimum absolute atomic E-state index is 0.104. The number of aryl methyl sites for hydroxylation is 1. The zero-order valence-corrected chi connectivity index (χ0v) is 23.9. The van der Waals surface area contributed by atoms with Crippen molar-refractivity contribution in [1.29, 1.82) is 0 Å². The van der Waals surface area contributed by atoms with Crippen LogP contribution < -0.4 is 14.4 Å². The molecule has 1 N–H and O–H groups in total. The third-order valence-electron chi connectivity index (χ3n) is 5.84. The van der Waals surface area contributed by atoms with Gasteiger partial charge in [0.2, 0.25) is 21.8 Å². The van der Waals surface area contributed by atoms with Crippen LogP contribution in [0.3, 0.4) is 0 Å². The zero-order chi connectivity index (χ0) is 27.8. The standard InChI is InChI=1S/C28H41N3O5S/c1-8-25(27(33)29-28(3,4)5)30(20-22-14-16-24(36-6)17-15-22)26(32)13-10-18-31(37(7,34)35)23-12-9-11-21(2)19-23/h9,11-12,14-17,19,25H,8,10,13,18,20H2,1-7H3,(H,29,33)/t25-/m0/s1. The maximum absolute atomic E-state index is 13.5. The number of nitrogens with zero attached hydrogens (tertiary/aromatic N) is 2. The molecule has 8 nitrogen and oxygen atoms in total. The van der Waals surface area contributed by atoms with Crippen molar-refractivity contribution < 1.29 is 22.7 Å². The first-order valence-corrected chi connectivity index (χ1v) is 14.4. The smallest absolute Gasteiger partial charge is 0.243 e. The quantitative estimate of drug-likeness (QED) is 0.441. The highest BCUT2D eigenvalue weighted by molar-refractivity contribution is 7.92. The maximum Gasteiger partial charge on any atom is 0.243 e. The van der Waals surface area contributed by atoms with Gasteiger partial charge < -0.3 is 15.0 Å². The molecule has 0 aromatic heterocycles. The largest absolute Gasteiger partial charge is 0.497 e. The van der Waals surface area contributed by atoms with Gasteiger partial charge in [-0.1, -0.05) is 31.2 Å². The Bertz CT molecular complexity index is 1160. The second-order valence-electron chi connectivity index (χ2n) is 10.3. The van der Waals surface area contributed by atoms with Gasteiger partial charge in [0.1, 0.15) is 11.8 Å². The lowest BCUT2D eigenvalue weighted by Crippen LogP contribution is -2.53. The van der Waals surface area contributed by atoms with E-state index in [1.54, 1.807) is 18.1 Å². The average molecular weight is 532 g/mol. The number of benzene rings is 2. The lowest BCUT2D eigenvalue weighted by atomic mass is 10.0. The first-order valence-electron chi connectivity index (χ1n) is 12.5. The molecule has 0 aliphatic rings. The molecule has 0 fully saturated rings. The Kier molecular flexibility index (Phi) is 10.5. The highest BCUT2D eigenvalue weighted by Crippen LogP contribution is 2.21. The van der Waals surface area contributed by atoms with Gasteiger partial charge in [0.15, 0.2) is 0 Å². The van der Waals surface area contributed by atoms with E-state index in [9.17, 15) is 18.0 Å². The fraction of sp³-hybridized carbons (Fsp3) is 0.500. The molecule has 37 heavy (non-hydrogen) atoms. The summed E-state index contributed by atoms with van der Waals surface area (Å²) >= 11 is 0. The molecule has 0 bridgehead atoms. The highest BCUT2D eigenvalue weighted by Gasteiger charge is 2.30. The molecule has 0 heterocycles. The summed E-state index contributed by atoms with van der Waals surface area (Å²) in [6.07, 6.45) is 2.03. The van der Waals surface area contributed by atoms with Crippen molar-refractivity contribution in [3.8, 4) is 5.75 Å². The summed E-state index contributed by atoms with van der Waals surface area (Å²) in [7, 11) is -1.94. The molecule has 2 aromatic rings. The molecule has 0 saturated carbocycles. The molecule has 2 rings (SSSR count). The normalized spacial score (nSPS) is 12.5. The molecule has 0 aliphatic carbocycles.